The molecule has 1 aliphatic rings. The lowest BCUT2D eigenvalue weighted by Gasteiger charge is -2.43. The largest absolute Gasteiger partial charge is 0.497 e. The number of benzene rings is 1. The molecule has 2 rings (SSSR count). The van der Waals surface area contributed by atoms with Crippen molar-refractivity contribution in [1.82, 2.24) is 0 Å². The monoisotopic (exact) mass is 492 g/mol. The molecule has 1 aliphatic heterocycles. The number of hydrogen-bond acceptors (Lipinski definition) is 7. The Morgan fingerprint density at radius 1 is 1.03 bits per heavy atom. The zero-order chi connectivity index (χ0) is 25.8. The van der Waals surface area contributed by atoms with Crippen LogP contribution in [-0.4, -0.2) is 59.0 Å². The Balaban J connectivity index is 1.92. The van der Waals surface area contributed by atoms with Gasteiger partial charge in [-0.3, -0.25) is 0 Å². The third kappa shape index (κ3) is 8.69. The number of allylic oxidation sites excluding steroid dienone is 1. The summed E-state index contributed by atoms with van der Waals surface area (Å²) in [5.74, 6) is 1.01. The Labute approximate surface area is 211 Å². The number of carbonyl (C=O) groups is 1. The molecule has 198 valence electrons. The minimum Gasteiger partial charge on any atom is -0.497 e. The van der Waals surface area contributed by atoms with E-state index in [1.807, 2.05) is 31.2 Å². The van der Waals surface area contributed by atoms with E-state index in [1.165, 1.54) is 0 Å². The fourth-order valence-electron chi connectivity index (χ4n) is 4.77. The van der Waals surface area contributed by atoms with E-state index in [0.717, 1.165) is 30.4 Å². The number of ether oxygens (including phenoxy) is 6. The standard InChI is InChI=1S/C28H44O7/c1-19(26(20(2)16-29)33-17-23-12-14-24(31-6)15-13-23)10-8-9-11-25-21(3)27(34-18-30-5)22(4)28(32-7)35-25/h8,10,12-16,19-22,25-28H,9,11,17-18H2,1-7H3/t19-,20-,21-,22+,25-,26-,27-,28+/m0/s1. The molecule has 1 saturated heterocycles. The second-order valence-electron chi connectivity index (χ2n) is 9.52. The Bertz CT molecular complexity index is 750. The lowest BCUT2D eigenvalue weighted by molar-refractivity contribution is -0.271. The second-order valence-corrected chi connectivity index (χ2v) is 9.52. The van der Waals surface area contributed by atoms with Crippen molar-refractivity contribution < 1.29 is 33.2 Å². The van der Waals surface area contributed by atoms with Crippen LogP contribution in [-0.2, 0) is 35.1 Å². The molecule has 1 fully saturated rings. The highest BCUT2D eigenvalue weighted by molar-refractivity contribution is 5.54. The summed E-state index contributed by atoms with van der Waals surface area (Å²) >= 11 is 0. The molecule has 0 bridgehead atoms. The van der Waals surface area contributed by atoms with Gasteiger partial charge in [-0.25, -0.2) is 0 Å². The summed E-state index contributed by atoms with van der Waals surface area (Å²) in [5.41, 5.74) is 1.04. The molecule has 0 radical (unpaired) electrons. The van der Waals surface area contributed by atoms with E-state index in [9.17, 15) is 4.79 Å². The first kappa shape index (κ1) is 29.5. The molecule has 0 aromatic heterocycles. The second kappa shape index (κ2) is 15.4. The van der Waals surface area contributed by atoms with Gasteiger partial charge in [-0.1, -0.05) is 52.0 Å². The van der Waals surface area contributed by atoms with Crippen molar-refractivity contribution in [2.75, 3.05) is 28.1 Å². The van der Waals surface area contributed by atoms with Gasteiger partial charge in [0.05, 0.1) is 32.0 Å². The van der Waals surface area contributed by atoms with Gasteiger partial charge in [0.15, 0.2) is 6.29 Å². The summed E-state index contributed by atoms with van der Waals surface area (Å²) in [4.78, 5) is 11.5. The predicted molar refractivity (Wildman–Crippen MR) is 135 cm³/mol. The van der Waals surface area contributed by atoms with Crippen molar-refractivity contribution in [2.45, 2.75) is 71.7 Å². The van der Waals surface area contributed by atoms with E-state index in [0.29, 0.717) is 6.61 Å². The lowest BCUT2D eigenvalue weighted by atomic mass is 9.84. The molecule has 7 nitrogen and oxygen atoms in total. The number of hydrogen-bond donors (Lipinski definition) is 0. The van der Waals surface area contributed by atoms with Gasteiger partial charge in [0.2, 0.25) is 0 Å². The molecule has 8 atom stereocenters. The molecule has 1 aromatic carbocycles. The molecule has 0 saturated carbocycles. The number of aldehydes is 1. The van der Waals surface area contributed by atoms with Crippen molar-refractivity contribution in [2.24, 2.45) is 23.7 Å². The van der Waals surface area contributed by atoms with Crippen molar-refractivity contribution in [3.05, 3.63) is 42.0 Å². The number of carbonyl (C=O) groups excluding carboxylic acids is 1. The van der Waals surface area contributed by atoms with E-state index in [4.69, 9.17) is 28.4 Å². The molecule has 0 N–H and O–H groups in total. The molecule has 1 aromatic rings. The maximum absolute atomic E-state index is 11.5. The summed E-state index contributed by atoms with van der Waals surface area (Å²) in [6.07, 6.45) is 6.49. The fraction of sp³-hybridized carbons (Fsp3) is 0.679. The Morgan fingerprint density at radius 3 is 2.34 bits per heavy atom. The van der Waals surface area contributed by atoms with Crippen molar-refractivity contribution >= 4 is 6.29 Å². The summed E-state index contributed by atoms with van der Waals surface area (Å²) in [6.45, 7) is 8.94. The zero-order valence-electron chi connectivity index (χ0n) is 22.3. The summed E-state index contributed by atoms with van der Waals surface area (Å²) in [7, 11) is 4.95. The third-order valence-electron chi connectivity index (χ3n) is 6.88. The maximum atomic E-state index is 11.5. The van der Waals surface area contributed by atoms with Crippen LogP contribution in [0.3, 0.4) is 0 Å². The number of methoxy groups -OCH3 is 3. The Kier molecular flexibility index (Phi) is 12.9. The van der Waals surface area contributed by atoms with Crippen LogP contribution < -0.4 is 4.74 Å². The molecule has 0 amide bonds. The van der Waals surface area contributed by atoms with Gasteiger partial charge in [0.1, 0.15) is 18.8 Å². The highest BCUT2D eigenvalue weighted by atomic mass is 16.7. The highest BCUT2D eigenvalue weighted by Crippen LogP contribution is 2.34. The van der Waals surface area contributed by atoms with Gasteiger partial charge in [0, 0.05) is 37.9 Å². The molecule has 0 unspecified atom stereocenters. The minimum atomic E-state index is -0.301. The predicted octanol–water partition coefficient (Wildman–Crippen LogP) is 5.02. The summed E-state index contributed by atoms with van der Waals surface area (Å²) in [6, 6.07) is 7.78. The quantitative estimate of drug-likeness (QED) is 0.193. The van der Waals surface area contributed by atoms with E-state index in [1.54, 1.807) is 21.3 Å². The Hall–Kier alpha value is -1.77. The average Bonchev–Trinajstić information content (AvgIpc) is 2.87. The first-order chi connectivity index (χ1) is 16.9. The van der Waals surface area contributed by atoms with Crippen molar-refractivity contribution in [3.63, 3.8) is 0 Å². The van der Waals surface area contributed by atoms with Gasteiger partial charge in [-0.2, -0.15) is 0 Å². The van der Waals surface area contributed by atoms with Crippen molar-refractivity contribution in [1.29, 1.82) is 0 Å². The van der Waals surface area contributed by atoms with Crippen LogP contribution >= 0.6 is 0 Å². The molecular formula is C28H44O7. The topological polar surface area (TPSA) is 72.5 Å². The van der Waals surface area contributed by atoms with Crippen LogP contribution in [0.4, 0.5) is 0 Å². The minimum absolute atomic E-state index is 0.00530. The van der Waals surface area contributed by atoms with Crippen LogP contribution in [0.1, 0.15) is 46.1 Å². The van der Waals surface area contributed by atoms with Gasteiger partial charge in [0.25, 0.3) is 0 Å². The first-order valence-corrected chi connectivity index (χ1v) is 12.5. The van der Waals surface area contributed by atoms with Crippen LogP contribution in [0.2, 0.25) is 0 Å². The molecule has 0 aliphatic carbocycles. The molecule has 35 heavy (non-hydrogen) atoms. The van der Waals surface area contributed by atoms with Crippen LogP contribution in [0.25, 0.3) is 0 Å². The molecule has 7 heteroatoms. The Morgan fingerprint density at radius 2 is 1.74 bits per heavy atom. The fourth-order valence-corrected chi connectivity index (χ4v) is 4.77. The molecule has 0 spiro atoms. The van der Waals surface area contributed by atoms with Crippen molar-refractivity contribution in [3.8, 4) is 5.75 Å². The summed E-state index contributed by atoms with van der Waals surface area (Å²) in [5, 5.41) is 0. The van der Waals surface area contributed by atoms with Crippen LogP contribution in [0, 0.1) is 23.7 Å². The third-order valence-corrected chi connectivity index (χ3v) is 6.88. The smallest absolute Gasteiger partial charge is 0.162 e. The van der Waals surface area contributed by atoms with Gasteiger partial charge in [-0.15, -0.1) is 0 Å². The highest BCUT2D eigenvalue weighted by Gasteiger charge is 2.42. The number of rotatable bonds is 15. The first-order valence-electron chi connectivity index (χ1n) is 12.5. The van der Waals surface area contributed by atoms with Gasteiger partial charge in [-0.05, 0) is 30.5 Å². The van der Waals surface area contributed by atoms with Gasteiger partial charge >= 0.3 is 0 Å². The molecular weight excluding hydrogens is 448 g/mol. The average molecular weight is 493 g/mol. The van der Waals surface area contributed by atoms with Gasteiger partial charge < -0.3 is 33.2 Å². The van der Waals surface area contributed by atoms with E-state index >= 15 is 0 Å². The SMILES string of the molecule is COCO[C@H]1[C@@H](C)[C@H](CCC=C[C@H](C)[C@H](OCc2ccc(OC)cc2)[C@@H](C)C=O)O[C@@H](OC)[C@@H]1C. The van der Waals surface area contributed by atoms with E-state index < -0.39 is 0 Å². The maximum Gasteiger partial charge on any atom is 0.162 e. The lowest BCUT2D eigenvalue weighted by Crippen LogP contribution is -2.50. The van der Waals surface area contributed by atoms with Crippen LogP contribution in [0.15, 0.2) is 36.4 Å². The molecule has 1 heterocycles. The zero-order valence-corrected chi connectivity index (χ0v) is 22.3. The van der Waals surface area contributed by atoms with E-state index in [2.05, 4.69) is 32.9 Å². The summed E-state index contributed by atoms with van der Waals surface area (Å²) < 4.78 is 34.3. The van der Waals surface area contributed by atoms with E-state index in [-0.39, 0.29) is 55.1 Å². The normalized spacial score (nSPS) is 27.5. The van der Waals surface area contributed by atoms with Crippen LogP contribution in [0.5, 0.6) is 5.75 Å².